The van der Waals surface area contributed by atoms with Gasteiger partial charge < -0.3 is 4.90 Å². The molecule has 0 aliphatic rings. The number of amides is 1. The summed E-state index contributed by atoms with van der Waals surface area (Å²) in [6.45, 7) is 6.59. The smallest absolute Gasteiger partial charge is 0.254 e. The number of pyridine rings is 1. The van der Waals surface area contributed by atoms with E-state index in [0.29, 0.717) is 12.1 Å². The van der Waals surface area contributed by atoms with Crippen LogP contribution < -0.4 is 0 Å². The van der Waals surface area contributed by atoms with Gasteiger partial charge in [0.15, 0.2) is 0 Å². The summed E-state index contributed by atoms with van der Waals surface area (Å²) in [5.74, 6) is -0.760. The number of carbonyl (C=O) groups is 1. The summed E-state index contributed by atoms with van der Waals surface area (Å²) in [7, 11) is 0. The van der Waals surface area contributed by atoms with Crippen molar-refractivity contribution >= 4 is 5.91 Å². The van der Waals surface area contributed by atoms with Gasteiger partial charge in [0.1, 0.15) is 0 Å². The van der Waals surface area contributed by atoms with Crippen molar-refractivity contribution in [3.05, 3.63) is 29.8 Å². The third-order valence-electron chi connectivity index (χ3n) is 2.32. The van der Waals surface area contributed by atoms with E-state index >= 15 is 0 Å². The fourth-order valence-electron chi connectivity index (χ4n) is 1.54. The quantitative estimate of drug-likeness (QED) is 0.736. The van der Waals surface area contributed by atoms with Gasteiger partial charge >= 0.3 is 0 Å². The van der Waals surface area contributed by atoms with Gasteiger partial charge in [-0.1, -0.05) is 6.92 Å². The molecule has 0 unspecified atom stereocenters. The number of carbonyl (C=O) groups excluding carboxylic acids is 1. The van der Waals surface area contributed by atoms with Crippen LogP contribution in [0.3, 0.4) is 0 Å². The molecule has 0 spiro atoms. The zero-order chi connectivity index (χ0) is 12.1. The van der Waals surface area contributed by atoms with Crippen molar-refractivity contribution in [2.24, 2.45) is 0 Å². The van der Waals surface area contributed by atoms with E-state index in [2.05, 4.69) is 4.98 Å². The molecule has 1 rings (SSSR count). The molecule has 1 aromatic heterocycles. The Bertz CT molecular complexity index is 366. The third kappa shape index (κ3) is 3.02. The molecule has 1 amide bonds. The molecule has 3 nitrogen and oxygen atoms in total. The Morgan fingerprint density at radius 1 is 1.56 bits per heavy atom. The maximum atomic E-state index is 12.9. The normalized spacial score (nSPS) is 10.6. The van der Waals surface area contributed by atoms with Gasteiger partial charge in [-0.25, -0.2) is 4.98 Å². The Kier molecular flexibility index (Phi) is 4.40. The first-order valence-electron chi connectivity index (χ1n) is 5.48. The van der Waals surface area contributed by atoms with Gasteiger partial charge in [0.05, 0.1) is 0 Å². The van der Waals surface area contributed by atoms with E-state index < -0.39 is 5.95 Å². The highest BCUT2D eigenvalue weighted by Gasteiger charge is 2.18. The predicted molar refractivity (Wildman–Crippen MR) is 60.7 cm³/mol. The number of halogens is 1. The van der Waals surface area contributed by atoms with Gasteiger partial charge in [0.25, 0.3) is 5.91 Å². The Morgan fingerprint density at radius 3 is 2.75 bits per heavy atom. The largest absolute Gasteiger partial charge is 0.336 e. The Labute approximate surface area is 95.3 Å². The molecule has 0 aromatic carbocycles. The van der Waals surface area contributed by atoms with Crippen molar-refractivity contribution in [2.45, 2.75) is 33.2 Å². The van der Waals surface area contributed by atoms with E-state index in [9.17, 15) is 9.18 Å². The van der Waals surface area contributed by atoms with Crippen LogP contribution in [0.2, 0.25) is 0 Å². The third-order valence-corrected chi connectivity index (χ3v) is 2.32. The van der Waals surface area contributed by atoms with Crippen LogP contribution in [0.15, 0.2) is 18.3 Å². The fraction of sp³-hybridized carbons (Fsp3) is 0.500. The second-order valence-corrected chi connectivity index (χ2v) is 3.96. The van der Waals surface area contributed by atoms with Gasteiger partial charge in [-0.3, -0.25) is 4.79 Å². The number of rotatable bonds is 4. The zero-order valence-electron chi connectivity index (χ0n) is 9.90. The highest BCUT2D eigenvalue weighted by Crippen LogP contribution is 2.09. The van der Waals surface area contributed by atoms with Gasteiger partial charge in [-0.05, 0) is 26.3 Å². The highest BCUT2D eigenvalue weighted by atomic mass is 19.1. The van der Waals surface area contributed by atoms with Gasteiger partial charge in [0, 0.05) is 30.4 Å². The molecule has 1 aromatic rings. The molecule has 1 heterocycles. The minimum absolute atomic E-state index is 0.115. The standard InChI is InChI=1S/C12H17FN2O/c1-4-7-15(9(2)3)12(16)10-5-6-14-11(13)8-10/h5-6,8-9H,4,7H2,1-3H3. The number of hydrogen-bond acceptors (Lipinski definition) is 2. The van der Waals surface area contributed by atoms with E-state index in [4.69, 9.17) is 0 Å². The van der Waals surface area contributed by atoms with Crippen molar-refractivity contribution in [2.75, 3.05) is 6.54 Å². The van der Waals surface area contributed by atoms with Crippen LogP contribution in [0.1, 0.15) is 37.6 Å². The lowest BCUT2D eigenvalue weighted by Crippen LogP contribution is -2.37. The summed E-state index contributed by atoms with van der Waals surface area (Å²) >= 11 is 0. The summed E-state index contributed by atoms with van der Waals surface area (Å²) < 4.78 is 12.9. The molecule has 4 heteroatoms. The van der Waals surface area contributed by atoms with Crippen LogP contribution >= 0.6 is 0 Å². The molecule has 0 aliphatic carbocycles. The number of nitrogens with zero attached hydrogens (tertiary/aromatic N) is 2. The summed E-state index contributed by atoms with van der Waals surface area (Å²) in [5.41, 5.74) is 0.356. The Morgan fingerprint density at radius 2 is 2.25 bits per heavy atom. The van der Waals surface area contributed by atoms with Crippen molar-refractivity contribution in [1.82, 2.24) is 9.88 Å². The van der Waals surface area contributed by atoms with Crippen LogP contribution in [-0.4, -0.2) is 28.4 Å². The van der Waals surface area contributed by atoms with Crippen LogP contribution in [0.25, 0.3) is 0 Å². The number of hydrogen-bond donors (Lipinski definition) is 0. The van der Waals surface area contributed by atoms with Crippen LogP contribution in [0.4, 0.5) is 4.39 Å². The monoisotopic (exact) mass is 224 g/mol. The summed E-state index contributed by atoms with van der Waals surface area (Å²) in [6, 6.07) is 2.83. The van der Waals surface area contributed by atoms with Crippen molar-refractivity contribution in [3.63, 3.8) is 0 Å². The first-order valence-corrected chi connectivity index (χ1v) is 5.48. The molecule has 0 atom stereocenters. The summed E-state index contributed by atoms with van der Waals surface area (Å²) in [4.78, 5) is 17.2. The molecule has 0 N–H and O–H groups in total. The zero-order valence-corrected chi connectivity index (χ0v) is 9.90. The maximum Gasteiger partial charge on any atom is 0.254 e. The second kappa shape index (κ2) is 5.58. The molecule has 0 aliphatic heterocycles. The van der Waals surface area contributed by atoms with Crippen molar-refractivity contribution in [3.8, 4) is 0 Å². The van der Waals surface area contributed by atoms with Gasteiger partial charge in [0.2, 0.25) is 5.95 Å². The van der Waals surface area contributed by atoms with Crippen LogP contribution in [-0.2, 0) is 0 Å². The molecule has 0 saturated carbocycles. The van der Waals surface area contributed by atoms with Crippen LogP contribution in [0.5, 0.6) is 0 Å². The molecule has 88 valence electrons. The fourth-order valence-corrected chi connectivity index (χ4v) is 1.54. The lowest BCUT2D eigenvalue weighted by atomic mass is 10.2. The van der Waals surface area contributed by atoms with Crippen molar-refractivity contribution < 1.29 is 9.18 Å². The minimum Gasteiger partial charge on any atom is -0.336 e. The first-order chi connectivity index (χ1) is 7.56. The molecular formula is C12H17FN2O. The summed E-state index contributed by atoms with van der Waals surface area (Å²) in [5, 5.41) is 0. The molecule has 0 radical (unpaired) electrons. The van der Waals surface area contributed by atoms with E-state index in [-0.39, 0.29) is 11.9 Å². The maximum absolute atomic E-state index is 12.9. The van der Waals surface area contributed by atoms with Crippen molar-refractivity contribution in [1.29, 1.82) is 0 Å². The van der Waals surface area contributed by atoms with E-state index in [0.717, 1.165) is 6.42 Å². The second-order valence-electron chi connectivity index (χ2n) is 3.96. The molecule has 0 bridgehead atoms. The highest BCUT2D eigenvalue weighted by molar-refractivity contribution is 5.94. The first kappa shape index (κ1) is 12.6. The molecule has 0 fully saturated rings. The predicted octanol–water partition coefficient (Wildman–Crippen LogP) is 2.48. The SMILES string of the molecule is CCCN(C(=O)c1ccnc(F)c1)C(C)C. The average Bonchev–Trinajstić information content (AvgIpc) is 2.24. The minimum atomic E-state index is -0.619. The van der Waals surface area contributed by atoms with E-state index in [1.165, 1.54) is 18.3 Å². The topological polar surface area (TPSA) is 33.2 Å². The Hall–Kier alpha value is -1.45. The lowest BCUT2D eigenvalue weighted by Gasteiger charge is -2.26. The van der Waals surface area contributed by atoms with Crippen LogP contribution in [0, 0.1) is 5.95 Å². The molecule has 0 saturated heterocycles. The Balaban J connectivity index is 2.90. The lowest BCUT2D eigenvalue weighted by molar-refractivity contribution is 0.0705. The number of aromatic nitrogens is 1. The van der Waals surface area contributed by atoms with Gasteiger partial charge in [-0.15, -0.1) is 0 Å². The average molecular weight is 224 g/mol. The van der Waals surface area contributed by atoms with E-state index in [1.807, 2.05) is 20.8 Å². The van der Waals surface area contributed by atoms with E-state index in [1.54, 1.807) is 4.90 Å². The molecule has 16 heavy (non-hydrogen) atoms. The summed E-state index contributed by atoms with van der Waals surface area (Å²) in [6.07, 6.45) is 2.20. The molecular weight excluding hydrogens is 207 g/mol. The van der Waals surface area contributed by atoms with Gasteiger partial charge in [-0.2, -0.15) is 4.39 Å².